The highest BCUT2D eigenvalue weighted by Gasteiger charge is 2.48. The topological polar surface area (TPSA) is 38.7 Å². The van der Waals surface area contributed by atoms with E-state index in [2.05, 4.69) is 114 Å². The van der Waals surface area contributed by atoms with Gasteiger partial charge in [-0.3, -0.25) is 9.05 Å². The maximum absolute atomic E-state index is 12.4. The number of benzene rings is 2. The van der Waals surface area contributed by atoms with Crippen molar-refractivity contribution >= 4 is 7.94 Å². The molecule has 0 unspecified atom stereocenters. The molecule has 0 aliphatic carbocycles. The Morgan fingerprint density at radius 2 is 0.952 bits per heavy atom. The first-order valence-electron chi connectivity index (χ1n) is 16.5. The second-order valence-electron chi connectivity index (χ2n) is 16.9. The van der Waals surface area contributed by atoms with Crippen LogP contribution in [0, 0.1) is 0 Å². The summed E-state index contributed by atoms with van der Waals surface area (Å²) in [6.07, 6.45) is 9.53. The number of hydrogen-bond donors (Lipinski definition) is 1. The molecule has 0 fully saturated rings. The Morgan fingerprint density at radius 1 is 0.571 bits per heavy atom. The van der Waals surface area contributed by atoms with Gasteiger partial charge in [-0.15, -0.1) is 0 Å². The normalized spacial score (nSPS) is 15.7. The molecule has 0 aromatic heterocycles. The predicted molar refractivity (Wildman–Crippen MR) is 184 cm³/mol. The minimum atomic E-state index is -3.27. The molecule has 3 nitrogen and oxygen atoms in total. The fraction of sp³-hybridized carbons (Fsp3) is 0.684. The lowest BCUT2D eigenvalue weighted by Crippen LogP contribution is -2.25. The van der Waals surface area contributed by atoms with Gasteiger partial charge in [-0.2, -0.15) is 4.89 Å². The maximum atomic E-state index is 12.4. The van der Waals surface area contributed by atoms with Crippen molar-refractivity contribution in [2.45, 2.75) is 163 Å². The van der Waals surface area contributed by atoms with E-state index in [0.717, 1.165) is 46.6 Å². The molecule has 2 aromatic rings. The Labute approximate surface area is 259 Å². The van der Waals surface area contributed by atoms with E-state index in [0.29, 0.717) is 12.6 Å². The highest BCUT2D eigenvalue weighted by molar-refractivity contribution is 7.61. The van der Waals surface area contributed by atoms with Crippen LogP contribution in [0.15, 0.2) is 24.3 Å². The monoisotopic (exact) mass is 597 g/mol. The summed E-state index contributed by atoms with van der Waals surface area (Å²) in [5, 5.41) is 0. The molecule has 0 saturated carbocycles. The molecule has 1 aliphatic heterocycles. The van der Waals surface area contributed by atoms with Crippen molar-refractivity contribution in [2.75, 3.05) is 6.16 Å². The molecule has 0 saturated heterocycles. The van der Waals surface area contributed by atoms with Crippen LogP contribution in [-0.2, 0) is 28.1 Å². The van der Waals surface area contributed by atoms with Gasteiger partial charge in [-0.1, -0.05) is 146 Å². The van der Waals surface area contributed by atoms with Crippen LogP contribution in [0.5, 0.6) is 11.5 Å². The van der Waals surface area contributed by atoms with E-state index in [4.69, 9.17) is 9.05 Å². The summed E-state index contributed by atoms with van der Waals surface area (Å²) in [6, 6.07) is 9.29. The van der Waals surface area contributed by atoms with Gasteiger partial charge in [0.25, 0.3) is 0 Å². The van der Waals surface area contributed by atoms with Gasteiger partial charge in [0, 0.05) is 28.7 Å². The zero-order valence-electron chi connectivity index (χ0n) is 29.4. The van der Waals surface area contributed by atoms with Gasteiger partial charge in [-0.05, 0) is 45.6 Å². The SMILES string of the molecule is CCCCCCCCC[P+]1(O)Oc2c(cc(C(C)(C)C)cc2C(C)(C)C)Cc2cc(C(C)(C)C)cc(C(C)(C)C)c2O1. The van der Waals surface area contributed by atoms with E-state index in [-0.39, 0.29) is 21.7 Å². The summed E-state index contributed by atoms with van der Waals surface area (Å²) < 4.78 is 13.7. The molecular weight excluding hydrogens is 535 g/mol. The standard InChI is InChI=1S/C38H62O3P/c1-14-15-16-17-18-19-20-21-42(39)40-33-27(23-29(35(2,3)4)25-31(33)37(8,9)10)22-28-24-30(36(5,6)7)26-32(34(28)41-42)38(11,12)13/h23-26,39H,14-22H2,1-13H3/q+1. The summed E-state index contributed by atoms with van der Waals surface area (Å²) in [5.74, 6) is 1.66. The third-order valence-electron chi connectivity index (χ3n) is 8.57. The molecule has 0 bridgehead atoms. The largest absolute Gasteiger partial charge is 0.495 e. The van der Waals surface area contributed by atoms with Gasteiger partial charge in [0.05, 0.1) is 0 Å². The Bertz CT molecular complexity index is 1130. The van der Waals surface area contributed by atoms with Crippen LogP contribution in [0.1, 0.15) is 168 Å². The molecule has 3 rings (SSSR count). The average molecular weight is 598 g/mol. The van der Waals surface area contributed by atoms with E-state index in [9.17, 15) is 4.89 Å². The first-order valence-corrected chi connectivity index (χ1v) is 18.3. The molecule has 0 radical (unpaired) electrons. The molecule has 0 amide bonds. The van der Waals surface area contributed by atoms with Gasteiger partial charge < -0.3 is 0 Å². The van der Waals surface area contributed by atoms with Crippen molar-refractivity contribution in [3.63, 3.8) is 0 Å². The van der Waals surface area contributed by atoms with E-state index in [1.165, 1.54) is 43.2 Å². The smallest absolute Gasteiger partial charge is 0.277 e. The maximum Gasteiger partial charge on any atom is 0.495 e. The second-order valence-corrected chi connectivity index (χ2v) is 19.0. The van der Waals surface area contributed by atoms with E-state index >= 15 is 0 Å². The third kappa shape index (κ3) is 8.75. The number of unbranched alkanes of at least 4 members (excludes halogenated alkanes) is 6. The predicted octanol–water partition coefficient (Wildman–Crippen LogP) is 11.7. The molecule has 1 heterocycles. The minimum absolute atomic E-state index is 0.0101. The molecule has 1 N–H and O–H groups in total. The molecular formula is C38H62O3P+. The molecule has 4 heteroatoms. The van der Waals surface area contributed by atoms with Crippen LogP contribution in [0.25, 0.3) is 0 Å². The highest BCUT2D eigenvalue weighted by atomic mass is 31.2. The number of hydrogen-bond acceptors (Lipinski definition) is 3. The van der Waals surface area contributed by atoms with Crippen molar-refractivity contribution in [1.82, 2.24) is 0 Å². The van der Waals surface area contributed by atoms with Crippen molar-refractivity contribution in [3.05, 3.63) is 57.6 Å². The van der Waals surface area contributed by atoms with Gasteiger partial charge >= 0.3 is 7.94 Å². The summed E-state index contributed by atoms with van der Waals surface area (Å²) in [6.45, 7) is 29.4. The molecule has 42 heavy (non-hydrogen) atoms. The summed E-state index contributed by atoms with van der Waals surface area (Å²) in [5.41, 5.74) is 6.89. The Morgan fingerprint density at radius 3 is 1.31 bits per heavy atom. The highest BCUT2D eigenvalue weighted by Crippen LogP contribution is 2.62. The summed E-state index contributed by atoms with van der Waals surface area (Å²) in [7, 11) is -3.27. The molecule has 2 aromatic carbocycles. The van der Waals surface area contributed by atoms with Crippen molar-refractivity contribution in [3.8, 4) is 11.5 Å². The van der Waals surface area contributed by atoms with Crippen molar-refractivity contribution in [2.24, 2.45) is 0 Å². The first-order chi connectivity index (χ1) is 19.2. The molecule has 0 atom stereocenters. The van der Waals surface area contributed by atoms with Crippen molar-refractivity contribution < 1.29 is 13.9 Å². The van der Waals surface area contributed by atoms with Gasteiger partial charge in [0.1, 0.15) is 0 Å². The van der Waals surface area contributed by atoms with Crippen LogP contribution in [0.4, 0.5) is 0 Å². The zero-order chi connectivity index (χ0) is 31.7. The Kier molecular flexibility index (Phi) is 10.6. The van der Waals surface area contributed by atoms with Crippen LogP contribution in [-0.4, -0.2) is 11.1 Å². The number of fused-ring (bicyclic) bond motifs is 2. The zero-order valence-corrected chi connectivity index (χ0v) is 30.3. The van der Waals surface area contributed by atoms with Crippen LogP contribution < -0.4 is 9.05 Å². The quantitative estimate of drug-likeness (QED) is 0.243. The molecule has 0 spiro atoms. The minimum Gasteiger partial charge on any atom is -0.277 e. The van der Waals surface area contributed by atoms with Gasteiger partial charge in [-0.25, -0.2) is 0 Å². The first kappa shape index (κ1) is 34.9. The van der Waals surface area contributed by atoms with Crippen LogP contribution in [0.2, 0.25) is 0 Å². The lowest BCUT2D eigenvalue weighted by atomic mass is 9.76. The van der Waals surface area contributed by atoms with E-state index in [1.54, 1.807) is 0 Å². The Balaban J connectivity index is 2.24. The van der Waals surface area contributed by atoms with E-state index in [1.807, 2.05) is 0 Å². The van der Waals surface area contributed by atoms with Gasteiger partial charge in [0.15, 0.2) is 17.7 Å². The summed E-state index contributed by atoms with van der Waals surface area (Å²) in [4.78, 5) is 12.4. The average Bonchev–Trinajstić information content (AvgIpc) is 2.81. The number of rotatable bonds is 8. The van der Waals surface area contributed by atoms with Crippen LogP contribution >= 0.6 is 7.94 Å². The van der Waals surface area contributed by atoms with Gasteiger partial charge in [0.2, 0.25) is 0 Å². The molecule has 1 aliphatic rings. The molecule has 236 valence electrons. The lowest BCUT2D eigenvalue weighted by Gasteiger charge is -2.33. The fourth-order valence-electron chi connectivity index (χ4n) is 5.71. The van der Waals surface area contributed by atoms with Crippen molar-refractivity contribution in [1.29, 1.82) is 0 Å². The third-order valence-corrected chi connectivity index (χ3v) is 10.4. The fourth-order valence-corrected chi connectivity index (χ4v) is 7.55. The lowest BCUT2D eigenvalue weighted by molar-refractivity contribution is 0.329. The van der Waals surface area contributed by atoms with E-state index < -0.39 is 7.94 Å². The second kappa shape index (κ2) is 12.8. The van der Waals surface area contributed by atoms with Crippen LogP contribution in [0.3, 0.4) is 0 Å². The Hall–Kier alpha value is -1.57. The summed E-state index contributed by atoms with van der Waals surface area (Å²) >= 11 is 0.